The number of carbonyl (C=O) groups excluding carboxylic acids is 2. The predicted molar refractivity (Wildman–Crippen MR) is 64.0 cm³/mol. The summed E-state index contributed by atoms with van der Waals surface area (Å²) in [6, 6.07) is 1.71. The van der Waals surface area contributed by atoms with Crippen LogP contribution in [-0.4, -0.2) is 16.7 Å². The van der Waals surface area contributed by atoms with Crippen molar-refractivity contribution in [1.82, 2.24) is 4.98 Å². The second-order valence-corrected chi connectivity index (χ2v) is 5.19. The highest BCUT2D eigenvalue weighted by atomic mass is 16.6. The van der Waals surface area contributed by atoms with Gasteiger partial charge in [0.15, 0.2) is 0 Å². The van der Waals surface area contributed by atoms with Gasteiger partial charge in [0.1, 0.15) is 11.4 Å². The molecule has 4 nitrogen and oxygen atoms in total. The molecule has 1 saturated carbocycles. The summed E-state index contributed by atoms with van der Waals surface area (Å²) in [5, 5.41) is 0. The van der Waals surface area contributed by atoms with Crippen LogP contribution < -0.4 is 0 Å². The van der Waals surface area contributed by atoms with Gasteiger partial charge in [-0.1, -0.05) is 0 Å². The van der Waals surface area contributed by atoms with Gasteiger partial charge in [-0.3, -0.25) is 9.78 Å². The quantitative estimate of drug-likeness (QED) is 0.712. The van der Waals surface area contributed by atoms with E-state index >= 15 is 0 Å². The lowest BCUT2D eigenvalue weighted by Crippen LogP contribution is -2.33. The first kappa shape index (κ1) is 11.4. The topological polar surface area (TPSA) is 56.3 Å². The minimum Gasteiger partial charge on any atom is -0.450 e. The number of Topliss-reactive ketones (excluding diaryl/α,β-unsaturated/α-hetero) is 1. The van der Waals surface area contributed by atoms with Gasteiger partial charge in [0.05, 0.1) is 5.56 Å². The average molecular weight is 245 g/mol. The summed E-state index contributed by atoms with van der Waals surface area (Å²) in [7, 11) is 0. The highest BCUT2D eigenvalue weighted by Gasteiger charge is 2.48. The molecule has 1 aliphatic carbocycles. The van der Waals surface area contributed by atoms with E-state index in [1.165, 1.54) is 0 Å². The normalized spacial score (nSPS) is 30.1. The molecule has 1 spiro atoms. The van der Waals surface area contributed by atoms with E-state index in [0.29, 0.717) is 5.56 Å². The first-order chi connectivity index (χ1) is 8.62. The molecule has 3 rings (SSSR count). The van der Waals surface area contributed by atoms with Crippen molar-refractivity contribution in [3.05, 3.63) is 29.6 Å². The van der Waals surface area contributed by atoms with Crippen molar-refractivity contribution >= 4 is 11.8 Å². The maximum absolute atomic E-state index is 11.8. The first-order valence-corrected chi connectivity index (χ1v) is 6.31. The molecule has 1 fully saturated rings. The number of rotatable bonds is 1. The number of ether oxygens (including phenoxy) is 1. The number of ketones is 1. The van der Waals surface area contributed by atoms with Crippen molar-refractivity contribution in [3.63, 3.8) is 0 Å². The Kier molecular flexibility index (Phi) is 2.47. The number of carbonyl (C=O) groups is 2. The SMILES string of the molecule is CC(=O)[C@H]1CC[C@]2(CC1)OC(=O)c1ccncc12. The molecule has 0 saturated heterocycles. The summed E-state index contributed by atoms with van der Waals surface area (Å²) in [6.07, 6.45) is 6.37. The molecule has 4 heteroatoms. The molecule has 0 aromatic carbocycles. The van der Waals surface area contributed by atoms with Crippen LogP contribution in [0.3, 0.4) is 0 Å². The van der Waals surface area contributed by atoms with Crippen LogP contribution >= 0.6 is 0 Å². The second-order valence-electron chi connectivity index (χ2n) is 5.19. The highest BCUT2D eigenvalue weighted by molar-refractivity contribution is 5.94. The first-order valence-electron chi connectivity index (χ1n) is 6.31. The van der Waals surface area contributed by atoms with Gasteiger partial charge in [0.2, 0.25) is 0 Å². The number of hydrogen-bond donors (Lipinski definition) is 0. The zero-order chi connectivity index (χ0) is 12.8. The molecule has 94 valence electrons. The van der Waals surface area contributed by atoms with Gasteiger partial charge >= 0.3 is 5.97 Å². The van der Waals surface area contributed by atoms with E-state index < -0.39 is 5.60 Å². The van der Waals surface area contributed by atoms with Gasteiger partial charge in [0, 0.05) is 23.9 Å². The number of hydrogen-bond acceptors (Lipinski definition) is 4. The van der Waals surface area contributed by atoms with Gasteiger partial charge in [0.25, 0.3) is 0 Å². The summed E-state index contributed by atoms with van der Waals surface area (Å²) in [5.74, 6) is 0.101. The Morgan fingerprint density at radius 2 is 2.17 bits per heavy atom. The van der Waals surface area contributed by atoms with Gasteiger partial charge in [-0.05, 0) is 38.7 Å². The summed E-state index contributed by atoms with van der Waals surface area (Å²) < 4.78 is 5.60. The van der Waals surface area contributed by atoms with Crippen molar-refractivity contribution in [1.29, 1.82) is 0 Å². The van der Waals surface area contributed by atoms with Crippen molar-refractivity contribution in [3.8, 4) is 0 Å². The Bertz CT molecular complexity index is 516. The molecule has 2 heterocycles. The lowest BCUT2D eigenvalue weighted by Gasteiger charge is -2.35. The summed E-state index contributed by atoms with van der Waals surface area (Å²) in [4.78, 5) is 27.3. The van der Waals surface area contributed by atoms with Gasteiger partial charge in [-0.25, -0.2) is 4.79 Å². The summed E-state index contributed by atoms with van der Waals surface area (Å²) in [6.45, 7) is 1.64. The van der Waals surface area contributed by atoms with Gasteiger partial charge < -0.3 is 4.74 Å². The highest BCUT2D eigenvalue weighted by Crippen LogP contribution is 2.47. The number of aromatic nitrogens is 1. The van der Waals surface area contributed by atoms with E-state index in [9.17, 15) is 9.59 Å². The molecule has 0 radical (unpaired) electrons. The lowest BCUT2D eigenvalue weighted by atomic mass is 9.74. The van der Waals surface area contributed by atoms with E-state index in [2.05, 4.69) is 4.98 Å². The van der Waals surface area contributed by atoms with Crippen LogP contribution in [-0.2, 0) is 15.1 Å². The van der Waals surface area contributed by atoms with Crippen LogP contribution in [0, 0.1) is 5.92 Å². The zero-order valence-electron chi connectivity index (χ0n) is 10.3. The fourth-order valence-corrected chi connectivity index (χ4v) is 3.08. The third-order valence-electron chi connectivity index (χ3n) is 4.19. The summed E-state index contributed by atoms with van der Waals surface area (Å²) >= 11 is 0. The molecular weight excluding hydrogens is 230 g/mol. The predicted octanol–water partition coefficient (Wildman–Crippen LogP) is 2.23. The molecule has 1 aliphatic heterocycles. The Morgan fingerprint density at radius 1 is 1.44 bits per heavy atom. The molecular formula is C14H15NO3. The number of pyridine rings is 1. The molecule has 0 bridgehead atoms. The Morgan fingerprint density at radius 3 is 2.83 bits per heavy atom. The fraction of sp³-hybridized carbons (Fsp3) is 0.500. The second kappa shape index (κ2) is 3.90. The zero-order valence-corrected chi connectivity index (χ0v) is 10.3. The number of nitrogens with zero attached hydrogens (tertiary/aromatic N) is 1. The molecule has 0 unspecified atom stereocenters. The minimum atomic E-state index is -0.521. The van der Waals surface area contributed by atoms with E-state index in [0.717, 1.165) is 31.2 Å². The molecule has 1 aromatic heterocycles. The number of esters is 1. The maximum Gasteiger partial charge on any atom is 0.339 e. The van der Waals surface area contributed by atoms with E-state index in [4.69, 9.17) is 4.74 Å². The number of fused-ring (bicyclic) bond motifs is 2. The Hall–Kier alpha value is -1.71. The monoisotopic (exact) mass is 245 g/mol. The van der Waals surface area contributed by atoms with Gasteiger partial charge in [-0.2, -0.15) is 0 Å². The van der Waals surface area contributed by atoms with Crippen molar-refractivity contribution in [2.75, 3.05) is 0 Å². The smallest absolute Gasteiger partial charge is 0.339 e. The minimum absolute atomic E-state index is 0.120. The Labute approximate surface area is 105 Å². The van der Waals surface area contributed by atoms with Crippen LogP contribution in [0.5, 0.6) is 0 Å². The van der Waals surface area contributed by atoms with Crippen LogP contribution in [0.15, 0.2) is 18.5 Å². The van der Waals surface area contributed by atoms with E-state index in [1.54, 1.807) is 25.4 Å². The van der Waals surface area contributed by atoms with Crippen LogP contribution in [0.1, 0.15) is 48.5 Å². The third-order valence-corrected chi connectivity index (χ3v) is 4.19. The molecule has 0 amide bonds. The maximum atomic E-state index is 11.8. The van der Waals surface area contributed by atoms with Crippen LogP contribution in [0.25, 0.3) is 0 Å². The van der Waals surface area contributed by atoms with Crippen LogP contribution in [0.4, 0.5) is 0 Å². The molecule has 18 heavy (non-hydrogen) atoms. The van der Waals surface area contributed by atoms with E-state index in [-0.39, 0.29) is 17.7 Å². The fourth-order valence-electron chi connectivity index (χ4n) is 3.08. The van der Waals surface area contributed by atoms with Crippen molar-refractivity contribution in [2.24, 2.45) is 5.92 Å². The molecule has 0 N–H and O–H groups in total. The largest absolute Gasteiger partial charge is 0.450 e. The standard InChI is InChI=1S/C14H15NO3/c1-9(16)10-2-5-14(6-3-10)12-8-15-7-4-11(12)13(17)18-14/h4,7-8,10H,2-3,5-6H2,1H3/t10-,14+. The van der Waals surface area contributed by atoms with E-state index in [1.807, 2.05) is 0 Å². The van der Waals surface area contributed by atoms with Crippen LogP contribution in [0.2, 0.25) is 0 Å². The summed E-state index contributed by atoms with van der Waals surface area (Å²) in [5.41, 5.74) is 1.01. The third kappa shape index (κ3) is 1.55. The van der Waals surface area contributed by atoms with Crippen molar-refractivity contribution in [2.45, 2.75) is 38.2 Å². The van der Waals surface area contributed by atoms with Gasteiger partial charge in [-0.15, -0.1) is 0 Å². The molecule has 0 atom stereocenters. The molecule has 1 aromatic rings. The average Bonchev–Trinajstić information content (AvgIpc) is 2.64. The lowest BCUT2D eigenvalue weighted by molar-refractivity contribution is -0.123. The Balaban J connectivity index is 1.91. The molecule has 2 aliphatic rings. The van der Waals surface area contributed by atoms with Crippen molar-refractivity contribution < 1.29 is 14.3 Å².